The number of nitrogens with one attached hydrogen (secondary N) is 1. The number of likely N-dealkylation sites (tertiary alicyclic amines) is 1. The molecule has 0 saturated carbocycles. The Kier molecular flexibility index (Phi) is 6.35. The van der Waals surface area contributed by atoms with E-state index in [-0.39, 0.29) is 18.6 Å². The number of hydrogen-bond acceptors (Lipinski definition) is 4. The van der Waals surface area contributed by atoms with E-state index >= 15 is 0 Å². The van der Waals surface area contributed by atoms with Crippen LogP contribution in [-0.4, -0.2) is 35.3 Å². The number of fused-ring (bicyclic) bond motifs is 2. The fourth-order valence-electron chi connectivity index (χ4n) is 5.32. The lowest BCUT2D eigenvalue weighted by atomic mass is 9.95. The maximum absolute atomic E-state index is 12.9. The van der Waals surface area contributed by atoms with Crippen molar-refractivity contribution >= 4 is 16.8 Å². The third kappa shape index (κ3) is 4.82. The molecule has 6 nitrogen and oxygen atoms in total. The second-order valence-electron chi connectivity index (χ2n) is 9.72. The lowest BCUT2D eigenvalue weighted by Gasteiger charge is -2.31. The van der Waals surface area contributed by atoms with Crippen LogP contribution in [0.5, 0.6) is 11.5 Å². The van der Waals surface area contributed by atoms with Crippen molar-refractivity contribution in [2.45, 2.75) is 32.5 Å². The quantitative estimate of drug-likeness (QED) is 0.406. The van der Waals surface area contributed by atoms with Gasteiger partial charge in [-0.3, -0.25) is 9.69 Å². The van der Waals surface area contributed by atoms with Crippen molar-refractivity contribution in [3.05, 3.63) is 95.7 Å². The van der Waals surface area contributed by atoms with Gasteiger partial charge in [0.1, 0.15) is 0 Å². The predicted molar refractivity (Wildman–Crippen MR) is 140 cm³/mol. The first-order valence-corrected chi connectivity index (χ1v) is 12.7. The molecule has 0 aliphatic carbocycles. The summed E-state index contributed by atoms with van der Waals surface area (Å²) in [5.74, 6) is 1.72. The maximum atomic E-state index is 12.9. The average molecular weight is 482 g/mol. The van der Waals surface area contributed by atoms with Gasteiger partial charge < -0.3 is 19.4 Å². The van der Waals surface area contributed by atoms with E-state index in [4.69, 9.17) is 9.47 Å². The minimum Gasteiger partial charge on any atom is -0.454 e. The Morgan fingerprint density at radius 3 is 2.47 bits per heavy atom. The molecular formula is C30H31N3O3. The summed E-state index contributed by atoms with van der Waals surface area (Å²) in [6.07, 6.45) is 1.76. The van der Waals surface area contributed by atoms with Crippen LogP contribution in [0.2, 0.25) is 0 Å². The molecule has 1 N–H and O–H groups in total. The molecule has 0 unspecified atom stereocenters. The fourth-order valence-corrected chi connectivity index (χ4v) is 5.32. The van der Waals surface area contributed by atoms with Crippen LogP contribution >= 0.6 is 0 Å². The zero-order chi connectivity index (χ0) is 24.3. The van der Waals surface area contributed by atoms with Gasteiger partial charge in [0.15, 0.2) is 11.5 Å². The van der Waals surface area contributed by atoms with Crippen molar-refractivity contribution in [1.82, 2.24) is 14.8 Å². The monoisotopic (exact) mass is 481 g/mol. The summed E-state index contributed by atoms with van der Waals surface area (Å²) in [6.45, 7) is 4.38. The van der Waals surface area contributed by atoms with Gasteiger partial charge in [0.05, 0.1) is 0 Å². The molecule has 1 saturated heterocycles. The van der Waals surface area contributed by atoms with Gasteiger partial charge in [-0.1, -0.05) is 54.6 Å². The topological polar surface area (TPSA) is 55.7 Å². The van der Waals surface area contributed by atoms with E-state index in [1.807, 2.05) is 18.2 Å². The molecule has 0 bridgehead atoms. The van der Waals surface area contributed by atoms with Crippen molar-refractivity contribution in [3.63, 3.8) is 0 Å². The number of ether oxygens (including phenoxy) is 2. The molecule has 3 heterocycles. The summed E-state index contributed by atoms with van der Waals surface area (Å²) in [6, 6.07) is 27.4. The van der Waals surface area contributed by atoms with Crippen molar-refractivity contribution in [2.75, 3.05) is 19.9 Å². The molecule has 1 amide bonds. The van der Waals surface area contributed by atoms with Gasteiger partial charge in [0.2, 0.25) is 12.7 Å². The number of carbonyl (C=O) groups is 1. The van der Waals surface area contributed by atoms with Gasteiger partial charge in [0, 0.05) is 36.8 Å². The Morgan fingerprint density at radius 1 is 0.833 bits per heavy atom. The first-order valence-electron chi connectivity index (χ1n) is 12.7. The summed E-state index contributed by atoms with van der Waals surface area (Å²) in [5.41, 5.74) is 4.93. The highest BCUT2D eigenvalue weighted by atomic mass is 16.7. The van der Waals surface area contributed by atoms with Crippen LogP contribution in [0.25, 0.3) is 10.9 Å². The summed E-state index contributed by atoms with van der Waals surface area (Å²) >= 11 is 0. The zero-order valence-corrected chi connectivity index (χ0v) is 20.4. The van der Waals surface area contributed by atoms with Crippen LogP contribution < -0.4 is 14.8 Å². The third-order valence-corrected chi connectivity index (χ3v) is 7.33. The van der Waals surface area contributed by atoms with E-state index in [2.05, 4.69) is 75.4 Å². The molecule has 0 spiro atoms. The highest BCUT2D eigenvalue weighted by Crippen LogP contribution is 2.32. The first-order chi connectivity index (χ1) is 17.7. The van der Waals surface area contributed by atoms with Crippen LogP contribution in [0.15, 0.2) is 78.9 Å². The molecule has 0 radical (unpaired) electrons. The van der Waals surface area contributed by atoms with Crippen LogP contribution in [0, 0.1) is 5.92 Å². The van der Waals surface area contributed by atoms with Crippen LogP contribution in [-0.2, 0) is 24.4 Å². The number of carbonyl (C=O) groups excluding carboxylic acids is 1. The molecule has 6 rings (SSSR count). The van der Waals surface area contributed by atoms with E-state index in [1.165, 1.54) is 22.2 Å². The van der Waals surface area contributed by atoms with Crippen molar-refractivity contribution < 1.29 is 14.3 Å². The molecular weight excluding hydrogens is 450 g/mol. The van der Waals surface area contributed by atoms with E-state index in [1.54, 1.807) is 0 Å². The molecule has 3 aromatic carbocycles. The van der Waals surface area contributed by atoms with E-state index < -0.39 is 0 Å². The van der Waals surface area contributed by atoms with E-state index in [0.29, 0.717) is 6.54 Å². The number of hydrogen-bond donors (Lipinski definition) is 1. The standard InChI is InChI=1S/C30H31N3O3/c34-30(31-18-23-10-11-28-29(16-23)36-21-35-28)24-12-14-32(15-13-24)20-26-17-25-8-4-5-9-27(25)33(26)19-22-6-2-1-3-7-22/h1-11,16-17,24H,12-15,18-21H2,(H,31,34). The van der Waals surface area contributed by atoms with Gasteiger partial charge in [-0.15, -0.1) is 0 Å². The van der Waals surface area contributed by atoms with Gasteiger partial charge in [-0.25, -0.2) is 0 Å². The number of nitrogens with zero attached hydrogens (tertiary/aromatic N) is 2. The van der Waals surface area contributed by atoms with Crippen molar-refractivity contribution in [1.29, 1.82) is 0 Å². The summed E-state index contributed by atoms with van der Waals surface area (Å²) in [5, 5.41) is 4.40. The largest absolute Gasteiger partial charge is 0.454 e. The number of amides is 1. The first kappa shape index (κ1) is 22.7. The van der Waals surface area contributed by atoms with Gasteiger partial charge in [-0.05, 0) is 66.7 Å². The smallest absolute Gasteiger partial charge is 0.231 e. The number of benzene rings is 3. The molecule has 2 aliphatic heterocycles. The van der Waals surface area contributed by atoms with Crippen LogP contribution in [0.3, 0.4) is 0 Å². The second-order valence-corrected chi connectivity index (χ2v) is 9.72. The molecule has 2 aliphatic rings. The third-order valence-electron chi connectivity index (χ3n) is 7.33. The van der Waals surface area contributed by atoms with Gasteiger partial charge >= 0.3 is 0 Å². The number of para-hydroxylation sites is 1. The number of aromatic nitrogens is 1. The Bertz CT molecular complexity index is 1360. The zero-order valence-electron chi connectivity index (χ0n) is 20.4. The minimum absolute atomic E-state index is 0.0606. The predicted octanol–water partition coefficient (Wildman–Crippen LogP) is 4.95. The summed E-state index contributed by atoms with van der Waals surface area (Å²) in [4.78, 5) is 15.3. The van der Waals surface area contributed by atoms with Gasteiger partial charge in [-0.2, -0.15) is 0 Å². The Morgan fingerprint density at radius 2 is 1.61 bits per heavy atom. The molecule has 6 heteroatoms. The molecule has 184 valence electrons. The SMILES string of the molecule is O=C(NCc1ccc2c(c1)OCO2)C1CCN(Cc2cc3ccccc3n2Cc2ccccc2)CC1. The normalized spacial score (nSPS) is 15.9. The molecule has 36 heavy (non-hydrogen) atoms. The van der Waals surface area contributed by atoms with Crippen LogP contribution in [0.1, 0.15) is 29.7 Å². The average Bonchev–Trinajstić information content (AvgIpc) is 3.52. The highest BCUT2D eigenvalue weighted by molar-refractivity contribution is 5.81. The summed E-state index contributed by atoms with van der Waals surface area (Å²) < 4.78 is 13.2. The van der Waals surface area contributed by atoms with E-state index in [0.717, 1.165) is 56.1 Å². The summed E-state index contributed by atoms with van der Waals surface area (Å²) in [7, 11) is 0. The fraction of sp³-hybridized carbons (Fsp3) is 0.300. The maximum Gasteiger partial charge on any atom is 0.231 e. The molecule has 4 aromatic rings. The second kappa shape index (κ2) is 10.1. The minimum atomic E-state index is 0.0606. The highest BCUT2D eigenvalue weighted by Gasteiger charge is 2.26. The van der Waals surface area contributed by atoms with E-state index in [9.17, 15) is 4.79 Å². The van der Waals surface area contributed by atoms with Gasteiger partial charge in [0.25, 0.3) is 0 Å². The Balaban J connectivity index is 1.07. The van der Waals surface area contributed by atoms with Crippen molar-refractivity contribution in [3.8, 4) is 11.5 Å². The van der Waals surface area contributed by atoms with Crippen LogP contribution in [0.4, 0.5) is 0 Å². The number of piperidine rings is 1. The molecule has 1 aromatic heterocycles. The molecule has 0 atom stereocenters. The lowest BCUT2D eigenvalue weighted by molar-refractivity contribution is -0.126. The number of rotatable bonds is 7. The Labute approximate surface area is 211 Å². The van der Waals surface area contributed by atoms with Crippen molar-refractivity contribution in [2.24, 2.45) is 5.92 Å². The lowest BCUT2D eigenvalue weighted by Crippen LogP contribution is -2.40. The Hall–Kier alpha value is -3.77. The molecule has 1 fully saturated rings.